The van der Waals surface area contributed by atoms with Gasteiger partial charge in [-0.05, 0) is 69.9 Å². The number of nitrogens with one attached hydrogen (secondary N) is 1. The fourth-order valence-corrected chi connectivity index (χ4v) is 6.92. The second-order valence-electron chi connectivity index (χ2n) is 10.7. The van der Waals surface area contributed by atoms with Crippen molar-refractivity contribution in [2.75, 3.05) is 5.32 Å². The molecular formula is C27H29N7O3. The highest BCUT2D eigenvalue weighted by Crippen LogP contribution is 2.87. The summed E-state index contributed by atoms with van der Waals surface area (Å²) in [5.41, 5.74) is 4.57. The van der Waals surface area contributed by atoms with Gasteiger partial charge in [0.25, 0.3) is 0 Å². The third-order valence-electron chi connectivity index (χ3n) is 8.71. The van der Waals surface area contributed by atoms with Crippen LogP contribution in [0.3, 0.4) is 0 Å². The maximum atomic E-state index is 13.8. The van der Waals surface area contributed by atoms with Crippen LogP contribution in [0.25, 0.3) is 0 Å². The van der Waals surface area contributed by atoms with Crippen molar-refractivity contribution in [3.63, 3.8) is 0 Å². The van der Waals surface area contributed by atoms with Crippen molar-refractivity contribution in [3.8, 4) is 12.1 Å². The number of carbonyl (C=O) groups is 1. The molecule has 1 amide bonds. The lowest BCUT2D eigenvalue weighted by Gasteiger charge is -2.30. The quantitative estimate of drug-likeness (QED) is 0.472. The van der Waals surface area contributed by atoms with Gasteiger partial charge in [-0.25, -0.2) is 0 Å². The molecule has 3 N–H and O–H groups in total. The van der Waals surface area contributed by atoms with Gasteiger partial charge >= 0.3 is 5.91 Å². The zero-order valence-electron chi connectivity index (χ0n) is 20.8. The molecule has 1 aromatic carbocycles. The standard InChI is InChI=1S/C27H29N7O3/c1-17-12-13-21-20(14-17)26(23(35)31-21)24(15-28)22(30)32-27(25(24,26)16-29,36-33-18-8-4-2-5-9-18)37-34-19-10-6-3-7-11-19/h12-14H,2-11H2,1H3,(H2,30,32)(H,31,35)/t24-,25-,26-/m0/s1. The van der Waals surface area contributed by atoms with Crippen molar-refractivity contribution in [1.82, 2.24) is 0 Å². The maximum Gasteiger partial charge on any atom is 0.422 e. The van der Waals surface area contributed by atoms with E-state index in [2.05, 4.69) is 32.8 Å². The van der Waals surface area contributed by atoms with E-state index < -0.39 is 28.1 Å². The first-order valence-electron chi connectivity index (χ1n) is 13.0. The number of carbonyl (C=O) groups excluding carboxylic acids is 1. The Balaban J connectivity index is 1.55. The summed E-state index contributed by atoms with van der Waals surface area (Å²) in [5.74, 6) is -2.89. The van der Waals surface area contributed by atoms with Crippen LogP contribution in [-0.4, -0.2) is 29.1 Å². The second-order valence-corrected chi connectivity index (χ2v) is 10.7. The highest BCUT2D eigenvalue weighted by molar-refractivity contribution is 6.20. The van der Waals surface area contributed by atoms with E-state index in [9.17, 15) is 15.3 Å². The van der Waals surface area contributed by atoms with Crippen LogP contribution in [-0.2, 0) is 19.9 Å². The average Bonchev–Trinajstić information content (AvgIpc) is 3.29. The van der Waals surface area contributed by atoms with Crippen LogP contribution < -0.4 is 11.1 Å². The fourth-order valence-electron chi connectivity index (χ4n) is 6.92. The molecule has 0 aromatic heterocycles. The Morgan fingerprint density at radius 3 is 2.11 bits per heavy atom. The van der Waals surface area contributed by atoms with Crippen LogP contribution >= 0.6 is 0 Å². The van der Waals surface area contributed by atoms with Gasteiger partial charge in [0.15, 0.2) is 5.41 Å². The average molecular weight is 500 g/mol. The Hall–Kier alpha value is -3.92. The molecular weight excluding hydrogens is 470 g/mol. The third-order valence-corrected chi connectivity index (χ3v) is 8.71. The lowest BCUT2D eigenvalue weighted by molar-refractivity contribution is -0.263. The fraction of sp³-hybridized carbons (Fsp3) is 0.556. The molecule has 3 fully saturated rings. The van der Waals surface area contributed by atoms with Crippen LogP contribution in [0.5, 0.6) is 0 Å². The van der Waals surface area contributed by atoms with E-state index >= 15 is 0 Å². The number of aryl methyl sites for hydroxylation is 1. The minimum absolute atomic E-state index is 0.186. The first-order valence-corrected chi connectivity index (χ1v) is 13.0. The summed E-state index contributed by atoms with van der Waals surface area (Å²) in [4.78, 5) is 30.4. The lowest BCUT2D eigenvalue weighted by atomic mass is 9.83. The SMILES string of the molecule is Cc1ccc2c(c1)[C@]1(C(=O)N2)[C@@]2(C#N)C(N)=NC(ON=C3CCCCC3)(ON=C3CCCCC3)[C@@]21C#N. The topological polar surface area (TPSA) is 158 Å². The Kier molecular flexibility index (Phi) is 5.10. The van der Waals surface area contributed by atoms with Gasteiger partial charge in [0.05, 0.1) is 23.6 Å². The number of hydrogen-bond acceptors (Lipinski definition) is 9. The summed E-state index contributed by atoms with van der Waals surface area (Å²) in [6.07, 6.45) is 9.14. The van der Waals surface area contributed by atoms with Crippen LogP contribution in [0.4, 0.5) is 5.69 Å². The molecule has 190 valence electrons. The Morgan fingerprint density at radius 2 is 1.57 bits per heavy atom. The molecule has 0 radical (unpaired) electrons. The van der Waals surface area contributed by atoms with Gasteiger partial charge in [0.2, 0.25) is 11.3 Å². The lowest BCUT2D eigenvalue weighted by Crippen LogP contribution is -2.47. The molecule has 6 rings (SSSR count). The molecule has 1 spiro atoms. The Morgan fingerprint density at radius 1 is 0.973 bits per heavy atom. The molecule has 3 saturated carbocycles. The van der Waals surface area contributed by atoms with Gasteiger partial charge < -0.3 is 20.7 Å². The number of oxime groups is 2. The molecule has 0 saturated heterocycles. The van der Waals surface area contributed by atoms with Crippen LogP contribution in [0.1, 0.15) is 75.3 Å². The monoisotopic (exact) mass is 499 g/mol. The first-order chi connectivity index (χ1) is 17.9. The molecule has 0 unspecified atom stereocenters. The molecule has 0 bridgehead atoms. The van der Waals surface area contributed by atoms with Crippen molar-refractivity contribution < 1.29 is 14.5 Å². The van der Waals surface area contributed by atoms with E-state index in [4.69, 9.17) is 15.4 Å². The minimum atomic E-state index is -2.20. The van der Waals surface area contributed by atoms with E-state index in [-0.39, 0.29) is 5.84 Å². The van der Waals surface area contributed by atoms with Gasteiger partial charge in [-0.15, -0.1) is 0 Å². The number of anilines is 1. The predicted octanol–water partition coefficient (Wildman–Crippen LogP) is 3.92. The summed E-state index contributed by atoms with van der Waals surface area (Å²) in [5, 5.41) is 33.1. The second kappa shape index (κ2) is 8.04. The number of aliphatic imine (C=N–C) groups is 1. The van der Waals surface area contributed by atoms with Crippen LogP contribution in [0, 0.1) is 40.4 Å². The summed E-state index contributed by atoms with van der Waals surface area (Å²) in [6.45, 7) is 1.88. The molecule has 10 nitrogen and oxygen atoms in total. The molecule has 37 heavy (non-hydrogen) atoms. The molecule has 3 atom stereocenters. The molecule has 2 aliphatic heterocycles. The molecule has 1 aromatic rings. The summed E-state index contributed by atoms with van der Waals surface area (Å²) < 4.78 is 0. The van der Waals surface area contributed by atoms with Gasteiger partial charge in [0, 0.05) is 5.69 Å². The minimum Gasteiger partial charge on any atom is -0.386 e. The highest BCUT2D eigenvalue weighted by atomic mass is 16.8. The normalized spacial score (nSPS) is 32.8. The van der Waals surface area contributed by atoms with Crippen molar-refractivity contribution >= 4 is 28.9 Å². The Bertz CT molecular complexity index is 1320. The number of benzene rings is 1. The zero-order chi connectivity index (χ0) is 25.9. The highest BCUT2D eigenvalue weighted by Gasteiger charge is 3.07. The molecule has 3 aliphatic carbocycles. The third kappa shape index (κ3) is 2.68. The van der Waals surface area contributed by atoms with Crippen LogP contribution in [0.2, 0.25) is 0 Å². The first kappa shape index (κ1) is 23.5. The van der Waals surface area contributed by atoms with Gasteiger partial charge in [-0.1, -0.05) is 40.8 Å². The number of amidine groups is 1. The van der Waals surface area contributed by atoms with Crippen LogP contribution in [0.15, 0.2) is 33.5 Å². The predicted molar refractivity (Wildman–Crippen MR) is 135 cm³/mol. The Labute approximate surface area is 215 Å². The largest absolute Gasteiger partial charge is 0.422 e. The zero-order valence-corrected chi connectivity index (χ0v) is 20.8. The van der Waals surface area contributed by atoms with Gasteiger partial charge in [-0.3, -0.25) is 4.79 Å². The summed E-state index contributed by atoms with van der Waals surface area (Å²) in [6, 6.07) is 9.91. The van der Waals surface area contributed by atoms with E-state index in [1.807, 2.05) is 19.1 Å². The number of amides is 1. The van der Waals surface area contributed by atoms with Crippen molar-refractivity contribution in [2.45, 2.75) is 82.5 Å². The van der Waals surface area contributed by atoms with E-state index in [1.165, 1.54) is 0 Å². The number of fused-ring (bicyclic) bond motifs is 5. The van der Waals surface area contributed by atoms with E-state index in [0.717, 1.165) is 81.2 Å². The number of rotatable bonds is 4. The van der Waals surface area contributed by atoms with E-state index in [1.54, 1.807) is 6.07 Å². The van der Waals surface area contributed by atoms with Gasteiger partial charge in [0.1, 0.15) is 11.3 Å². The summed E-state index contributed by atoms with van der Waals surface area (Å²) in [7, 11) is 0. The smallest absolute Gasteiger partial charge is 0.386 e. The number of nitriles is 2. The maximum absolute atomic E-state index is 13.8. The van der Waals surface area contributed by atoms with E-state index in [0.29, 0.717) is 11.3 Å². The number of nitrogens with two attached hydrogens (primary N) is 1. The number of nitrogens with zero attached hydrogens (tertiary/aromatic N) is 5. The van der Waals surface area contributed by atoms with Crippen molar-refractivity contribution in [2.24, 2.45) is 31.9 Å². The molecule has 10 heteroatoms. The van der Waals surface area contributed by atoms with Gasteiger partial charge in [-0.2, -0.15) is 15.5 Å². The molecule has 2 heterocycles. The number of hydrogen-bond donors (Lipinski definition) is 2. The van der Waals surface area contributed by atoms with Crippen molar-refractivity contribution in [3.05, 3.63) is 29.3 Å². The van der Waals surface area contributed by atoms with Crippen molar-refractivity contribution in [1.29, 1.82) is 10.5 Å². The molecule has 5 aliphatic rings. The summed E-state index contributed by atoms with van der Waals surface area (Å²) >= 11 is 0.